The van der Waals surface area contributed by atoms with E-state index in [1.165, 1.54) is 17.0 Å². The first-order valence-corrected chi connectivity index (χ1v) is 9.50. The zero-order valence-electron chi connectivity index (χ0n) is 16.9. The third-order valence-electron chi connectivity index (χ3n) is 4.98. The van der Waals surface area contributed by atoms with Crippen molar-refractivity contribution in [3.8, 4) is 11.4 Å². The fraction of sp³-hybridized carbons (Fsp3) is 0.526. The molecule has 2 aromatic heterocycles. The standard InChI is InChI=1S/C19H24N6O4/c1-19(2,3)28-18(27)29-25-10-12-7-13(25)9-24(12)17-22-15(8-16(26)23(17)4)14-5-6-20-11-21-14/h5-6,8,11-13H,7,9-10H2,1-4H3/t12?,13-/m0/s1. The average Bonchev–Trinajstić information content (AvgIpc) is 3.23. The molecule has 4 rings (SSSR count). The molecule has 2 bridgehead atoms. The Bertz CT molecular complexity index is 971. The van der Waals surface area contributed by atoms with Gasteiger partial charge in [-0.2, -0.15) is 0 Å². The molecule has 0 N–H and O–H groups in total. The molecular weight excluding hydrogens is 376 g/mol. The van der Waals surface area contributed by atoms with Gasteiger partial charge < -0.3 is 14.5 Å². The fourth-order valence-electron chi connectivity index (χ4n) is 3.71. The number of nitrogens with zero attached hydrogens (tertiary/aromatic N) is 6. The highest BCUT2D eigenvalue weighted by atomic mass is 16.8. The molecule has 0 aliphatic carbocycles. The van der Waals surface area contributed by atoms with Crippen molar-refractivity contribution < 1.29 is 14.4 Å². The van der Waals surface area contributed by atoms with E-state index in [9.17, 15) is 9.59 Å². The van der Waals surface area contributed by atoms with Gasteiger partial charge >= 0.3 is 6.16 Å². The molecule has 0 saturated carbocycles. The topological polar surface area (TPSA) is 103 Å². The van der Waals surface area contributed by atoms with Crippen molar-refractivity contribution in [2.24, 2.45) is 7.05 Å². The molecule has 2 aliphatic rings. The highest BCUT2D eigenvalue weighted by Gasteiger charge is 2.47. The van der Waals surface area contributed by atoms with Crippen LogP contribution in [-0.2, 0) is 16.6 Å². The first-order chi connectivity index (χ1) is 13.7. The SMILES string of the molecule is Cn1c(N2C[C@@H]3CC2CN3OC(=O)OC(C)(C)C)nc(-c2ccncn2)cc1=O. The predicted octanol–water partition coefficient (Wildman–Crippen LogP) is 1.37. The van der Waals surface area contributed by atoms with Crippen molar-refractivity contribution in [3.63, 3.8) is 0 Å². The van der Waals surface area contributed by atoms with Crippen molar-refractivity contribution in [1.82, 2.24) is 24.6 Å². The van der Waals surface area contributed by atoms with E-state index in [1.807, 2.05) is 0 Å². The molecule has 2 saturated heterocycles. The Balaban J connectivity index is 1.52. The van der Waals surface area contributed by atoms with E-state index >= 15 is 0 Å². The smallest absolute Gasteiger partial charge is 0.427 e. The molecule has 0 amide bonds. The molecule has 0 aromatic carbocycles. The van der Waals surface area contributed by atoms with Gasteiger partial charge in [0.1, 0.15) is 11.9 Å². The first kappa shape index (κ1) is 19.3. The molecule has 154 valence electrons. The summed E-state index contributed by atoms with van der Waals surface area (Å²) in [5.74, 6) is 0.579. The minimum atomic E-state index is -0.701. The molecule has 1 unspecified atom stereocenters. The summed E-state index contributed by atoms with van der Waals surface area (Å²) in [6.45, 7) is 6.51. The lowest BCUT2D eigenvalue weighted by Gasteiger charge is -2.34. The quantitative estimate of drug-likeness (QED) is 0.707. The van der Waals surface area contributed by atoms with Gasteiger partial charge in [-0.1, -0.05) is 0 Å². The molecule has 4 heterocycles. The maximum Gasteiger partial charge on any atom is 0.528 e. The second-order valence-electron chi connectivity index (χ2n) is 8.28. The Morgan fingerprint density at radius 1 is 1.21 bits per heavy atom. The Labute approximate surface area is 168 Å². The van der Waals surface area contributed by atoms with Crippen LogP contribution in [0.5, 0.6) is 0 Å². The van der Waals surface area contributed by atoms with E-state index in [2.05, 4.69) is 19.9 Å². The largest absolute Gasteiger partial charge is 0.528 e. The molecule has 2 atom stereocenters. The molecule has 10 nitrogen and oxygen atoms in total. The van der Waals surface area contributed by atoms with Crippen molar-refractivity contribution in [1.29, 1.82) is 0 Å². The monoisotopic (exact) mass is 400 g/mol. The third kappa shape index (κ3) is 3.93. The normalized spacial score (nSPS) is 21.4. The van der Waals surface area contributed by atoms with Gasteiger partial charge in [0.25, 0.3) is 5.56 Å². The van der Waals surface area contributed by atoms with Crippen LogP contribution in [0, 0.1) is 0 Å². The van der Waals surface area contributed by atoms with E-state index in [0.717, 1.165) is 6.42 Å². The first-order valence-electron chi connectivity index (χ1n) is 9.50. The number of aromatic nitrogens is 4. The average molecular weight is 400 g/mol. The molecule has 0 radical (unpaired) electrons. The van der Waals surface area contributed by atoms with Crippen LogP contribution >= 0.6 is 0 Å². The summed E-state index contributed by atoms with van der Waals surface area (Å²) >= 11 is 0. The summed E-state index contributed by atoms with van der Waals surface area (Å²) < 4.78 is 6.76. The fourth-order valence-corrected chi connectivity index (χ4v) is 3.71. The van der Waals surface area contributed by atoms with Crippen LogP contribution in [0.25, 0.3) is 11.4 Å². The summed E-state index contributed by atoms with van der Waals surface area (Å²) in [5, 5.41) is 1.67. The van der Waals surface area contributed by atoms with Gasteiger partial charge in [-0.25, -0.2) is 19.7 Å². The van der Waals surface area contributed by atoms with Gasteiger partial charge in [-0.05, 0) is 33.3 Å². The summed E-state index contributed by atoms with van der Waals surface area (Å²) in [6, 6.07) is 3.30. The molecule has 29 heavy (non-hydrogen) atoms. The Kier molecular flexibility index (Phi) is 4.73. The summed E-state index contributed by atoms with van der Waals surface area (Å²) in [7, 11) is 1.70. The third-order valence-corrected chi connectivity index (χ3v) is 4.98. The highest BCUT2D eigenvalue weighted by Crippen LogP contribution is 2.34. The summed E-state index contributed by atoms with van der Waals surface area (Å²) in [4.78, 5) is 44.7. The number of fused-ring (bicyclic) bond motifs is 2. The number of carbonyl (C=O) groups is 1. The van der Waals surface area contributed by atoms with Crippen molar-refractivity contribution in [2.75, 3.05) is 18.0 Å². The van der Waals surface area contributed by atoms with Gasteiger partial charge in [0.2, 0.25) is 5.95 Å². The number of piperazine rings is 1. The van der Waals surface area contributed by atoms with Gasteiger partial charge in [0.15, 0.2) is 0 Å². The van der Waals surface area contributed by atoms with Crippen LogP contribution in [-0.4, -0.2) is 61.5 Å². The number of rotatable bonds is 3. The van der Waals surface area contributed by atoms with E-state index in [4.69, 9.17) is 9.57 Å². The minimum absolute atomic E-state index is 0.0205. The van der Waals surface area contributed by atoms with Crippen LogP contribution in [0.2, 0.25) is 0 Å². The van der Waals surface area contributed by atoms with E-state index < -0.39 is 11.8 Å². The number of anilines is 1. The number of hydrogen-bond acceptors (Lipinski definition) is 9. The van der Waals surface area contributed by atoms with Crippen molar-refractivity contribution in [3.05, 3.63) is 35.0 Å². The van der Waals surface area contributed by atoms with Crippen molar-refractivity contribution in [2.45, 2.75) is 44.9 Å². The molecule has 0 spiro atoms. The summed E-state index contributed by atoms with van der Waals surface area (Å²) in [5.41, 5.74) is 0.340. The summed E-state index contributed by atoms with van der Waals surface area (Å²) in [6.07, 6.45) is 3.16. The minimum Gasteiger partial charge on any atom is -0.427 e. The lowest BCUT2D eigenvalue weighted by Crippen LogP contribution is -2.49. The zero-order valence-corrected chi connectivity index (χ0v) is 16.9. The Hall–Kier alpha value is -3.01. The second-order valence-corrected chi connectivity index (χ2v) is 8.28. The lowest BCUT2D eigenvalue weighted by atomic mass is 10.2. The zero-order chi connectivity index (χ0) is 20.8. The van der Waals surface area contributed by atoms with Gasteiger partial charge in [-0.3, -0.25) is 9.36 Å². The predicted molar refractivity (Wildman–Crippen MR) is 104 cm³/mol. The van der Waals surface area contributed by atoms with Crippen LogP contribution in [0.4, 0.5) is 10.7 Å². The highest BCUT2D eigenvalue weighted by molar-refractivity contribution is 5.60. The molecule has 2 fully saturated rings. The van der Waals surface area contributed by atoms with E-state index in [1.54, 1.807) is 45.1 Å². The van der Waals surface area contributed by atoms with E-state index in [-0.39, 0.29) is 17.6 Å². The Morgan fingerprint density at radius 3 is 2.62 bits per heavy atom. The van der Waals surface area contributed by atoms with Gasteiger partial charge in [-0.15, -0.1) is 5.06 Å². The van der Waals surface area contributed by atoms with Crippen LogP contribution in [0.3, 0.4) is 0 Å². The second kappa shape index (κ2) is 7.11. The molecule has 10 heteroatoms. The maximum absolute atomic E-state index is 12.5. The lowest BCUT2D eigenvalue weighted by molar-refractivity contribution is -0.152. The van der Waals surface area contributed by atoms with E-state index in [0.29, 0.717) is 30.4 Å². The van der Waals surface area contributed by atoms with Gasteiger partial charge in [0.05, 0.1) is 24.0 Å². The van der Waals surface area contributed by atoms with Crippen LogP contribution < -0.4 is 10.5 Å². The Morgan fingerprint density at radius 2 is 2.00 bits per heavy atom. The van der Waals surface area contributed by atoms with Crippen LogP contribution in [0.15, 0.2) is 29.5 Å². The maximum atomic E-state index is 12.5. The number of ether oxygens (including phenoxy) is 1. The number of carbonyl (C=O) groups excluding carboxylic acids is 1. The van der Waals surface area contributed by atoms with Gasteiger partial charge in [0, 0.05) is 31.9 Å². The molecular formula is C19H24N6O4. The molecule has 2 aromatic rings. The van der Waals surface area contributed by atoms with Crippen LogP contribution in [0.1, 0.15) is 27.2 Å². The number of hydrogen-bond donors (Lipinski definition) is 0. The molecule has 2 aliphatic heterocycles. The van der Waals surface area contributed by atoms with Crippen molar-refractivity contribution >= 4 is 12.1 Å². The number of hydroxylamine groups is 2.